The van der Waals surface area contributed by atoms with Gasteiger partial charge in [-0.2, -0.15) is 0 Å². The largest absolute Gasteiger partial charge is 0.286 e. The summed E-state index contributed by atoms with van der Waals surface area (Å²) in [6.45, 7) is 3.62. The lowest BCUT2D eigenvalue weighted by atomic mass is 10.1. The topological polar surface area (TPSA) is 56.2 Å². The fourth-order valence-electron chi connectivity index (χ4n) is 1.48. The molecule has 1 aromatic rings. The number of benzene rings is 1. The Morgan fingerprint density at radius 1 is 1.44 bits per heavy atom. The van der Waals surface area contributed by atoms with Crippen LogP contribution in [0.2, 0.25) is 5.02 Å². The van der Waals surface area contributed by atoms with Gasteiger partial charge < -0.3 is 0 Å². The van der Waals surface area contributed by atoms with Crippen LogP contribution in [-0.2, 0) is 11.2 Å². The van der Waals surface area contributed by atoms with Gasteiger partial charge in [-0.1, -0.05) is 23.7 Å². The zero-order valence-corrected chi connectivity index (χ0v) is 10.5. The highest BCUT2D eigenvalue weighted by molar-refractivity contribution is 7.86. The van der Waals surface area contributed by atoms with Gasteiger partial charge in [0.25, 0.3) is 0 Å². The minimum atomic E-state index is -1.45. The fourth-order valence-corrected chi connectivity index (χ4v) is 3.10. The molecule has 0 amide bonds. The highest BCUT2D eigenvalue weighted by Gasteiger charge is 2.41. The van der Waals surface area contributed by atoms with Gasteiger partial charge in [-0.3, -0.25) is 5.41 Å². The van der Waals surface area contributed by atoms with Crippen molar-refractivity contribution in [1.82, 2.24) is 4.72 Å². The summed E-state index contributed by atoms with van der Waals surface area (Å²) in [4.78, 5) is 0. The van der Waals surface area contributed by atoms with Crippen LogP contribution < -0.4 is 9.03 Å². The summed E-state index contributed by atoms with van der Waals surface area (Å²) < 4.78 is 16.1. The molecule has 0 bridgehead atoms. The number of anilines is 1. The normalized spacial score (nSPS) is 23.8. The van der Waals surface area contributed by atoms with Gasteiger partial charge in [0.1, 0.15) is 5.84 Å². The molecule has 6 heteroatoms. The van der Waals surface area contributed by atoms with Crippen LogP contribution in [0.4, 0.5) is 5.69 Å². The SMILES string of the molecule is CC1(C)NS(=O)N(c2ccccc2Cl)C1=N. The van der Waals surface area contributed by atoms with Crippen LogP contribution in [-0.4, -0.2) is 15.6 Å². The maximum Gasteiger partial charge on any atom is 0.203 e. The van der Waals surface area contributed by atoms with Crippen LogP contribution in [0.3, 0.4) is 0 Å². The van der Waals surface area contributed by atoms with E-state index < -0.39 is 16.7 Å². The molecule has 0 radical (unpaired) electrons. The molecule has 1 atom stereocenters. The van der Waals surface area contributed by atoms with E-state index in [1.165, 1.54) is 4.31 Å². The van der Waals surface area contributed by atoms with E-state index >= 15 is 0 Å². The van der Waals surface area contributed by atoms with Crippen LogP contribution in [0, 0.1) is 5.41 Å². The van der Waals surface area contributed by atoms with Gasteiger partial charge in [-0.25, -0.2) is 13.2 Å². The molecule has 0 aromatic heterocycles. The molecule has 16 heavy (non-hydrogen) atoms. The Bertz CT molecular complexity index is 475. The molecule has 0 spiro atoms. The monoisotopic (exact) mass is 257 g/mol. The van der Waals surface area contributed by atoms with Crippen LogP contribution in [0.15, 0.2) is 24.3 Å². The molecule has 1 aromatic carbocycles. The van der Waals surface area contributed by atoms with Gasteiger partial charge in [0, 0.05) is 0 Å². The molecular formula is C10H12ClN3OS. The van der Waals surface area contributed by atoms with Crippen LogP contribution >= 0.6 is 11.6 Å². The van der Waals surface area contributed by atoms with Gasteiger partial charge in [0.05, 0.1) is 16.2 Å². The molecule has 0 aliphatic carbocycles. The molecule has 2 N–H and O–H groups in total. The summed E-state index contributed by atoms with van der Waals surface area (Å²) >= 11 is 4.58. The summed E-state index contributed by atoms with van der Waals surface area (Å²) in [6, 6.07) is 7.06. The Morgan fingerprint density at radius 2 is 2.06 bits per heavy atom. The smallest absolute Gasteiger partial charge is 0.203 e. The highest BCUT2D eigenvalue weighted by Crippen LogP contribution is 2.31. The molecule has 86 valence electrons. The third kappa shape index (κ3) is 1.75. The van der Waals surface area contributed by atoms with Gasteiger partial charge >= 0.3 is 0 Å². The quantitative estimate of drug-likeness (QED) is 0.795. The summed E-state index contributed by atoms with van der Waals surface area (Å²) in [7, 11) is 0. The zero-order chi connectivity index (χ0) is 11.9. The number of hydrogen-bond acceptors (Lipinski definition) is 2. The van der Waals surface area contributed by atoms with Crippen molar-refractivity contribution in [2.45, 2.75) is 19.4 Å². The van der Waals surface area contributed by atoms with E-state index in [4.69, 9.17) is 17.0 Å². The Kier molecular flexibility index (Phi) is 2.77. The number of nitrogens with one attached hydrogen (secondary N) is 2. The lowest BCUT2D eigenvalue weighted by Gasteiger charge is -2.19. The molecule has 1 fully saturated rings. The molecule has 1 heterocycles. The van der Waals surface area contributed by atoms with E-state index in [2.05, 4.69) is 4.72 Å². The van der Waals surface area contributed by atoms with E-state index in [0.29, 0.717) is 10.7 Å². The first kappa shape index (κ1) is 11.6. The Hall–Kier alpha value is -0.910. The summed E-state index contributed by atoms with van der Waals surface area (Å²) in [5.41, 5.74) is -0.0186. The van der Waals surface area contributed by atoms with E-state index in [0.717, 1.165) is 0 Å². The minimum absolute atomic E-state index is 0.249. The minimum Gasteiger partial charge on any atom is -0.286 e. The number of rotatable bonds is 1. The first-order valence-corrected chi connectivity index (χ1v) is 6.25. The van der Waals surface area contributed by atoms with Crippen LogP contribution in [0.5, 0.6) is 0 Å². The van der Waals surface area contributed by atoms with Gasteiger partial charge in [0.15, 0.2) is 0 Å². The lowest BCUT2D eigenvalue weighted by molar-refractivity contribution is 0.624. The number of amidine groups is 1. The van der Waals surface area contributed by atoms with E-state index in [-0.39, 0.29) is 5.84 Å². The molecule has 1 unspecified atom stereocenters. The average Bonchev–Trinajstić information content (AvgIpc) is 2.39. The van der Waals surface area contributed by atoms with E-state index in [9.17, 15) is 4.21 Å². The number of halogens is 1. The third-order valence-corrected chi connectivity index (χ3v) is 4.09. The second-order valence-corrected chi connectivity index (χ2v) is 5.55. The van der Waals surface area contributed by atoms with Crippen molar-refractivity contribution in [2.75, 3.05) is 4.31 Å². The van der Waals surface area contributed by atoms with Crippen LogP contribution in [0.25, 0.3) is 0 Å². The van der Waals surface area contributed by atoms with Gasteiger partial charge in [-0.15, -0.1) is 0 Å². The maximum absolute atomic E-state index is 11.9. The summed E-state index contributed by atoms with van der Waals surface area (Å²) in [6.07, 6.45) is 0. The molecule has 1 aliphatic rings. The van der Waals surface area contributed by atoms with Crippen molar-refractivity contribution in [3.63, 3.8) is 0 Å². The number of nitrogens with zero attached hydrogens (tertiary/aromatic N) is 1. The van der Waals surface area contributed by atoms with Crippen LogP contribution in [0.1, 0.15) is 13.8 Å². The van der Waals surface area contributed by atoms with Crippen molar-refractivity contribution in [3.8, 4) is 0 Å². The first-order chi connectivity index (χ1) is 7.43. The molecule has 2 rings (SSSR count). The Balaban J connectivity index is 2.47. The van der Waals surface area contributed by atoms with E-state index in [1.807, 2.05) is 13.8 Å². The summed E-state index contributed by atoms with van der Waals surface area (Å²) in [5.74, 6) is 0.249. The van der Waals surface area contributed by atoms with Gasteiger partial charge in [-0.05, 0) is 26.0 Å². The second kappa shape index (κ2) is 3.84. The molecule has 1 aliphatic heterocycles. The predicted molar refractivity (Wildman–Crippen MR) is 67.0 cm³/mol. The number of para-hydroxylation sites is 1. The third-order valence-electron chi connectivity index (χ3n) is 2.37. The standard InChI is InChI=1S/C10H12ClN3OS/c1-10(2)9(12)14(16(15)13-10)8-6-4-3-5-7(8)11/h3-6,12-13H,1-2H3. The maximum atomic E-state index is 11.9. The molecule has 0 saturated carbocycles. The molecular weight excluding hydrogens is 246 g/mol. The molecule has 1 saturated heterocycles. The van der Waals surface area contributed by atoms with Crippen molar-refractivity contribution in [3.05, 3.63) is 29.3 Å². The van der Waals surface area contributed by atoms with E-state index in [1.54, 1.807) is 24.3 Å². The van der Waals surface area contributed by atoms with Crippen molar-refractivity contribution >= 4 is 34.3 Å². The predicted octanol–water partition coefficient (Wildman–Crippen LogP) is 2.08. The first-order valence-electron chi connectivity index (χ1n) is 4.77. The van der Waals surface area contributed by atoms with Gasteiger partial charge in [0.2, 0.25) is 11.2 Å². The Morgan fingerprint density at radius 3 is 2.56 bits per heavy atom. The second-order valence-electron chi connectivity index (χ2n) is 4.07. The van der Waals surface area contributed by atoms with Crippen molar-refractivity contribution < 1.29 is 4.21 Å². The zero-order valence-electron chi connectivity index (χ0n) is 8.95. The number of hydrogen-bond donors (Lipinski definition) is 2. The summed E-state index contributed by atoms with van der Waals surface area (Å²) in [5, 5.41) is 8.47. The fraction of sp³-hybridized carbons (Fsp3) is 0.300. The highest BCUT2D eigenvalue weighted by atomic mass is 35.5. The Labute approximate surface area is 102 Å². The van der Waals surface area contributed by atoms with Crippen molar-refractivity contribution in [1.29, 1.82) is 5.41 Å². The molecule has 4 nitrogen and oxygen atoms in total. The van der Waals surface area contributed by atoms with Crippen molar-refractivity contribution in [2.24, 2.45) is 0 Å². The average molecular weight is 258 g/mol. The lowest BCUT2D eigenvalue weighted by Crippen LogP contribution is -2.39.